The van der Waals surface area contributed by atoms with Crippen LogP contribution in [-0.2, 0) is 10.8 Å². The standard InChI is InChI=1S/C6H5NOS/c7-4-3-6-2-1-5-9(6)8/h1-2,5H,3H2. The summed E-state index contributed by atoms with van der Waals surface area (Å²) in [6.07, 6.45) is 3.71. The van der Waals surface area contributed by atoms with Crippen molar-refractivity contribution in [3.8, 4) is 6.07 Å². The van der Waals surface area contributed by atoms with Gasteiger partial charge in [-0.1, -0.05) is 6.08 Å². The molecule has 1 aliphatic heterocycles. The minimum Gasteiger partial charge on any atom is -0.250 e. The Labute approximate surface area is 55.9 Å². The van der Waals surface area contributed by atoms with E-state index >= 15 is 0 Å². The van der Waals surface area contributed by atoms with Crippen molar-refractivity contribution in [2.45, 2.75) is 6.42 Å². The molecule has 0 bridgehead atoms. The smallest absolute Gasteiger partial charge is 0.0745 e. The van der Waals surface area contributed by atoms with Gasteiger partial charge in [-0.25, -0.2) is 4.21 Å². The van der Waals surface area contributed by atoms with Crippen molar-refractivity contribution in [2.75, 3.05) is 0 Å². The molecule has 9 heavy (non-hydrogen) atoms. The van der Waals surface area contributed by atoms with E-state index in [0.29, 0.717) is 4.91 Å². The van der Waals surface area contributed by atoms with Gasteiger partial charge in [0, 0.05) is 10.3 Å². The number of nitrogens with zero attached hydrogens (tertiary/aromatic N) is 1. The molecule has 1 rings (SSSR count). The van der Waals surface area contributed by atoms with Crippen LogP contribution in [0.4, 0.5) is 0 Å². The summed E-state index contributed by atoms with van der Waals surface area (Å²) in [6.45, 7) is 0. The van der Waals surface area contributed by atoms with Gasteiger partial charge in [-0.05, 0) is 6.08 Å². The third-order valence-electron chi connectivity index (χ3n) is 0.996. The first-order valence-corrected chi connectivity index (χ1v) is 3.71. The lowest BCUT2D eigenvalue weighted by molar-refractivity contribution is 0.691. The Kier molecular flexibility index (Phi) is 1.81. The second kappa shape index (κ2) is 2.60. The summed E-state index contributed by atoms with van der Waals surface area (Å²) in [5, 5.41) is 9.77. The highest BCUT2D eigenvalue weighted by Crippen LogP contribution is 2.13. The maximum Gasteiger partial charge on any atom is 0.0745 e. The molecular weight excluding hydrogens is 134 g/mol. The highest BCUT2D eigenvalue weighted by Gasteiger charge is 2.05. The quantitative estimate of drug-likeness (QED) is 0.545. The van der Waals surface area contributed by atoms with E-state index in [1.807, 2.05) is 6.07 Å². The van der Waals surface area contributed by atoms with Crippen molar-refractivity contribution >= 4 is 10.8 Å². The Morgan fingerprint density at radius 3 is 3.00 bits per heavy atom. The number of rotatable bonds is 1. The van der Waals surface area contributed by atoms with Gasteiger partial charge >= 0.3 is 0 Å². The molecule has 0 saturated carbocycles. The zero-order valence-corrected chi connectivity index (χ0v) is 5.52. The van der Waals surface area contributed by atoms with Crippen molar-refractivity contribution in [2.24, 2.45) is 0 Å². The van der Waals surface area contributed by atoms with Crippen molar-refractivity contribution in [1.82, 2.24) is 0 Å². The molecule has 1 atom stereocenters. The molecular formula is C6H5NOS. The molecule has 2 nitrogen and oxygen atoms in total. The molecule has 0 aromatic carbocycles. The van der Waals surface area contributed by atoms with Gasteiger partial charge in [-0.15, -0.1) is 0 Å². The zero-order chi connectivity index (χ0) is 6.69. The average Bonchev–Trinajstić information content (AvgIpc) is 2.18. The zero-order valence-electron chi connectivity index (χ0n) is 4.70. The van der Waals surface area contributed by atoms with E-state index in [4.69, 9.17) is 5.26 Å². The molecule has 3 heteroatoms. The number of hydrogen-bond donors (Lipinski definition) is 0. The van der Waals surface area contributed by atoms with Crippen molar-refractivity contribution in [1.29, 1.82) is 5.26 Å². The van der Waals surface area contributed by atoms with Crippen LogP contribution < -0.4 is 0 Å². The first-order valence-electron chi connectivity index (χ1n) is 2.49. The molecule has 1 unspecified atom stereocenters. The third kappa shape index (κ3) is 1.27. The van der Waals surface area contributed by atoms with E-state index in [1.165, 1.54) is 0 Å². The van der Waals surface area contributed by atoms with Crippen LogP contribution in [0.15, 0.2) is 22.5 Å². The van der Waals surface area contributed by atoms with Gasteiger partial charge in [0.25, 0.3) is 0 Å². The minimum absolute atomic E-state index is 0.277. The Hall–Kier alpha value is -0.880. The predicted molar refractivity (Wildman–Crippen MR) is 35.6 cm³/mol. The number of nitriles is 1. The third-order valence-corrected chi connectivity index (χ3v) is 2.20. The van der Waals surface area contributed by atoms with E-state index in [9.17, 15) is 4.21 Å². The second-order valence-corrected chi connectivity index (χ2v) is 2.99. The Bertz CT molecular complexity index is 234. The number of hydrogen-bond acceptors (Lipinski definition) is 2. The van der Waals surface area contributed by atoms with E-state index in [1.54, 1.807) is 17.6 Å². The van der Waals surface area contributed by atoms with Crippen LogP contribution in [0.1, 0.15) is 6.42 Å². The fourth-order valence-electron chi connectivity index (χ4n) is 0.580. The minimum atomic E-state index is -1.00. The molecule has 0 saturated heterocycles. The summed E-state index contributed by atoms with van der Waals surface area (Å²) in [5.74, 6) is 0. The Morgan fingerprint density at radius 2 is 2.56 bits per heavy atom. The summed E-state index contributed by atoms with van der Waals surface area (Å²) in [6, 6.07) is 1.94. The molecule has 0 radical (unpaired) electrons. The maximum absolute atomic E-state index is 10.8. The summed E-state index contributed by atoms with van der Waals surface area (Å²) < 4.78 is 10.8. The fraction of sp³-hybridized carbons (Fsp3) is 0.167. The van der Waals surface area contributed by atoms with E-state index in [-0.39, 0.29) is 6.42 Å². The van der Waals surface area contributed by atoms with E-state index in [0.717, 1.165) is 0 Å². The van der Waals surface area contributed by atoms with Gasteiger partial charge in [0.1, 0.15) is 0 Å². The molecule has 0 spiro atoms. The van der Waals surface area contributed by atoms with Crippen molar-refractivity contribution in [3.63, 3.8) is 0 Å². The van der Waals surface area contributed by atoms with Crippen LogP contribution >= 0.6 is 0 Å². The highest BCUT2D eigenvalue weighted by molar-refractivity contribution is 7.92. The lowest BCUT2D eigenvalue weighted by Crippen LogP contribution is -1.83. The Balaban J connectivity index is 2.67. The van der Waals surface area contributed by atoms with Gasteiger partial charge in [-0.3, -0.25) is 0 Å². The van der Waals surface area contributed by atoms with Crippen LogP contribution in [0.2, 0.25) is 0 Å². The average molecular weight is 139 g/mol. The van der Waals surface area contributed by atoms with Crippen molar-refractivity contribution < 1.29 is 4.21 Å². The van der Waals surface area contributed by atoms with Gasteiger partial charge in [0.05, 0.1) is 23.3 Å². The van der Waals surface area contributed by atoms with Crippen LogP contribution in [0.3, 0.4) is 0 Å². The monoisotopic (exact) mass is 139 g/mol. The van der Waals surface area contributed by atoms with E-state index < -0.39 is 10.8 Å². The second-order valence-electron chi connectivity index (χ2n) is 1.59. The molecule has 0 N–H and O–H groups in total. The lowest BCUT2D eigenvalue weighted by atomic mass is 10.4. The van der Waals surface area contributed by atoms with Crippen LogP contribution in [0, 0.1) is 11.3 Å². The molecule has 0 aromatic heterocycles. The maximum atomic E-state index is 10.8. The van der Waals surface area contributed by atoms with Gasteiger partial charge in [0.15, 0.2) is 0 Å². The number of allylic oxidation sites excluding steroid dienone is 3. The molecule has 0 fully saturated rings. The Morgan fingerprint density at radius 1 is 1.78 bits per heavy atom. The van der Waals surface area contributed by atoms with Crippen molar-refractivity contribution in [3.05, 3.63) is 22.5 Å². The van der Waals surface area contributed by atoms with Gasteiger partial charge < -0.3 is 0 Å². The normalized spacial score (nSPS) is 23.4. The molecule has 1 heterocycles. The molecule has 0 aliphatic carbocycles. The topological polar surface area (TPSA) is 40.9 Å². The highest BCUT2D eigenvalue weighted by atomic mass is 32.2. The van der Waals surface area contributed by atoms with Gasteiger partial charge in [-0.2, -0.15) is 5.26 Å². The lowest BCUT2D eigenvalue weighted by Gasteiger charge is -1.87. The van der Waals surface area contributed by atoms with Gasteiger partial charge in [0.2, 0.25) is 0 Å². The molecule has 1 aliphatic rings. The van der Waals surface area contributed by atoms with E-state index in [2.05, 4.69) is 0 Å². The van der Waals surface area contributed by atoms with Crippen LogP contribution in [-0.4, -0.2) is 4.21 Å². The first-order chi connectivity index (χ1) is 4.34. The summed E-state index contributed by atoms with van der Waals surface area (Å²) >= 11 is 0. The largest absolute Gasteiger partial charge is 0.250 e. The summed E-state index contributed by atoms with van der Waals surface area (Å²) in [5.41, 5.74) is 0. The predicted octanol–water partition coefficient (Wildman–Crippen LogP) is 1.06. The molecule has 0 amide bonds. The SMILES string of the molecule is N#CCC1=CC=CS1=O. The molecule has 46 valence electrons. The van der Waals surface area contributed by atoms with Crippen LogP contribution in [0.5, 0.6) is 0 Å². The molecule has 0 aromatic rings. The fourth-order valence-corrected chi connectivity index (χ4v) is 1.40. The van der Waals surface area contributed by atoms with Crippen LogP contribution in [0.25, 0.3) is 0 Å². The summed E-state index contributed by atoms with van der Waals surface area (Å²) in [4.78, 5) is 0.706. The summed E-state index contributed by atoms with van der Waals surface area (Å²) in [7, 11) is -1.00. The first kappa shape index (κ1) is 6.24.